The lowest BCUT2D eigenvalue weighted by atomic mass is 10.2. The highest BCUT2D eigenvalue weighted by Crippen LogP contribution is 2.31. The molecule has 22 heavy (non-hydrogen) atoms. The summed E-state index contributed by atoms with van der Waals surface area (Å²) < 4.78 is 65.0. The Hall–Kier alpha value is -1.77. The molecule has 1 aromatic carbocycles. The lowest BCUT2D eigenvalue weighted by molar-refractivity contribution is -0.137. The second-order valence-electron chi connectivity index (χ2n) is 4.98. The molecule has 1 aliphatic heterocycles. The van der Waals surface area contributed by atoms with Crippen molar-refractivity contribution in [2.45, 2.75) is 18.6 Å². The molecule has 1 fully saturated rings. The minimum atomic E-state index is -4.49. The topological polar surface area (TPSA) is 72.5 Å². The van der Waals surface area contributed by atoms with E-state index >= 15 is 0 Å². The highest BCUT2D eigenvalue weighted by Gasteiger charge is 2.31. The largest absolute Gasteiger partial charge is 0.484 e. The zero-order chi connectivity index (χ0) is 16.4. The average Bonchev–Trinajstić information content (AvgIpc) is 2.75. The van der Waals surface area contributed by atoms with Gasteiger partial charge in [0.2, 0.25) is 0 Å². The number of nitrogens with one attached hydrogen (secondary N) is 1. The van der Waals surface area contributed by atoms with Crippen LogP contribution < -0.4 is 10.1 Å². The van der Waals surface area contributed by atoms with Crippen LogP contribution in [0.5, 0.6) is 5.75 Å². The minimum absolute atomic E-state index is 0.0203. The molecule has 1 saturated heterocycles. The maximum Gasteiger partial charge on any atom is 0.416 e. The van der Waals surface area contributed by atoms with Crippen molar-refractivity contribution < 1.29 is 31.1 Å². The summed E-state index contributed by atoms with van der Waals surface area (Å²) >= 11 is 0. The number of rotatable bonds is 4. The molecule has 0 bridgehead atoms. The van der Waals surface area contributed by atoms with Gasteiger partial charge in [0.1, 0.15) is 5.75 Å². The molecule has 2 rings (SSSR count). The molecular weight excluding hydrogens is 323 g/mol. The van der Waals surface area contributed by atoms with Gasteiger partial charge in [-0.25, -0.2) is 8.42 Å². The fourth-order valence-electron chi connectivity index (χ4n) is 2.09. The number of sulfone groups is 1. The fourth-order valence-corrected chi connectivity index (χ4v) is 3.76. The number of carbonyl (C=O) groups is 1. The van der Waals surface area contributed by atoms with Crippen LogP contribution in [0.3, 0.4) is 0 Å². The molecule has 0 aliphatic carbocycles. The van der Waals surface area contributed by atoms with Gasteiger partial charge in [0.05, 0.1) is 17.1 Å². The number of benzene rings is 1. The third-order valence-electron chi connectivity index (χ3n) is 3.13. The van der Waals surface area contributed by atoms with E-state index in [-0.39, 0.29) is 17.3 Å². The second kappa shape index (κ2) is 6.15. The first-order valence-corrected chi connectivity index (χ1v) is 8.28. The first kappa shape index (κ1) is 16.6. The van der Waals surface area contributed by atoms with Crippen LogP contribution in [0.1, 0.15) is 12.0 Å². The molecule has 0 spiro atoms. The van der Waals surface area contributed by atoms with Gasteiger partial charge in [0, 0.05) is 6.04 Å². The molecule has 0 radical (unpaired) electrons. The summed E-state index contributed by atoms with van der Waals surface area (Å²) in [5.41, 5.74) is -0.868. The SMILES string of the molecule is O=C(COc1cccc(C(F)(F)F)c1)N[C@@H]1CCS(=O)(=O)C1. The molecule has 0 aromatic heterocycles. The number of halogens is 3. The smallest absolute Gasteiger partial charge is 0.416 e. The van der Waals surface area contributed by atoms with Crippen molar-refractivity contribution in [3.8, 4) is 5.75 Å². The van der Waals surface area contributed by atoms with E-state index < -0.39 is 40.1 Å². The Morgan fingerprint density at radius 3 is 2.68 bits per heavy atom. The Bertz CT molecular complexity index is 657. The summed E-state index contributed by atoms with van der Waals surface area (Å²) in [5.74, 6) is -0.752. The number of hydrogen-bond acceptors (Lipinski definition) is 4. The summed E-state index contributed by atoms with van der Waals surface area (Å²) in [6.07, 6.45) is -4.16. The molecule has 122 valence electrons. The number of ether oxygens (including phenoxy) is 1. The predicted octanol–water partition coefficient (Wildman–Crippen LogP) is 1.39. The Balaban J connectivity index is 1.87. The molecule has 5 nitrogen and oxygen atoms in total. The molecule has 0 unspecified atom stereocenters. The Labute approximate surface area is 125 Å². The third-order valence-corrected chi connectivity index (χ3v) is 4.90. The van der Waals surface area contributed by atoms with Crippen LogP contribution in [-0.2, 0) is 20.8 Å². The van der Waals surface area contributed by atoms with Gasteiger partial charge in [-0.15, -0.1) is 0 Å². The minimum Gasteiger partial charge on any atom is -0.484 e. The van der Waals surface area contributed by atoms with Crippen LogP contribution >= 0.6 is 0 Å². The van der Waals surface area contributed by atoms with Gasteiger partial charge in [-0.1, -0.05) is 6.07 Å². The number of amides is 1. The number of hydrogen-bond donors (Lipinski definition) is 1. The van der Waals surface area contributed by atoms with Crippen molar-refractivity contribution in [2.24, 2.45) is 0 Å². The maximum absolute atomic E-state index is 12.5. The van der Waals surface area contributed by atoms with Crippen molar-refractivity contribution in [1.82, 2.24) is 5.32 Å². The number of carbonyl (C=O) groups excluding carboxylic acids is 1. The van der Waals surface area contributed by atoms with Crippen LogP contribution in [0.25, 0.3) is 0 Å². The van der Waals surface area contributed by atoms with E-state index in [0.29, 0.717) is 6.42 Å². The normalized spacial score (nSPS) is 20.6. The van der Waals surface area contributed by atoms with Crippen molar-refractivity contribution in [3.63, 3.8) is 0 Å². The van der Waals surface area contributed by atoms with Gasteiger partial charge < -0.3 is 10.1 Å². The van der Waals surface area contributed by atoms with Gasteiger partial charge in [-0.2, -0.15) is 13.2 Å². The zero-order valence-electron chi connectivity index (χ0n) is 11.4. The van der Waals surface area contributed by atoms with E-state index in [9.17, 15) is 26.4 Å². The molecule has 1 N–H and O–H groups in total. The van der Waals surface area contributed by atoms with E-state index in [4.69, 9.17) is 4.74 Å². The van der Waals surface area contributed by atoms with Gasteiger partial charge in [0.15, 0.2) is 16.4 Å². The van der Waals surface area contributed by atoms with Crippen LogP contribution in [-0.4, -0.2) is 38.5 Å². The monoisotopic (exact) mass is 337 g/mol. The summed E-state index contributed by atoms with van der Waals surface area (Å²) in [7, 11) is -3.11. The average molecular weight is 337 g/mol. The van der Waals surface area contributed by atoms with E-state index in [0.717, 1.165) is 12.1 Å². The highest BCUT2D eigenvalue weighted by molar-refractivity contribution is 7.91. The lowest BCUT2D eigenvalue weighted by Crippen LogP contribution is -2.38. The maximum atomic E-state index is 12.5. The standard InChI is InChI=1S/C13H14F3NO4S/c14-13(15,16)9-2-1-3-11(6-9)21-7-12(18)17-10-4-5-22(19,20)8-10/h1-3,6,10H,4-5,7-8H2,(H,17,18)/t10-/m1/s1. The van der Waals surface area contributed by atoms with Gasteiger partial charge >= 0.3 is 6.18 Å². The Morgan fingerprint density at radius 2 is 2.09 bits per heavy atom. The molecule has 1 aliphatic rings. The van der Waals surface area contributed by atoms with Crippen LogP contribution in [0.4, 0.5) is 13.2 Å². The van der Waals surface area contributed by atoms with Crippen LogP contribution in [0, 0.1) is 0 Å². The molecule has 1 aromatic rings. The van der Waals surface area contributed by atoms with Gasteiger partial charge in [-0.3, -0.25) is 4.79 Å². The van der Waals surface area contributed by atoms with Crippen LogP contribution in [0.2, 0.25) is 0 Å². The summed E-state index contributed by atoms with van der Waals surface area (Å²) in [6.45, 7) is -0.474. The lowest BCUT2D eigenvalue weighted by Gasteiger charge is -2.12. The summed E-state index contributed by atoms with van der Waals surface area (Å²) in [4.78, 5) is 11.6. The highest BCUT2D eigenvalue weighted by atomic mass is 32.2. The third kappa shape index (κ3) is 4.62. The first-order chi connectivity index (χ1) is 10.2. The molecule has 9 heteroatoms. The van der Waals surface area contributed by atoms with Crippen molar-refractivity contribution in [3.05, 3.63) is 29.8 Å². The second-order valence-corrected chi connectivity index (χ2v) is 7.21. The molecule has 0 saturated carbocycles. The quantitative estimate of drug-likeness (QED) is 0.901. The molecule has 1 amide bonds. The van der Waals surface area contributed by atoms with Crippen LogP contribution in [0.15, 0.2) is 24.3 Å². The number of alkyl halides is 3. The van der Waals surface area contributed by atoms with Gasteiger partial charge in [0.25, 0.3) is 5.91 Å². The Morgan fingerprint density at radius 1 is 1.36 bits per heavy atom. The predicted molar refractivity (Wildman–Crippen MR) is 72.1 cm³/mol. The summed E-state index contributed by atoms with van der Waals surface area (Å²) in [6, 6.07) is 3.72. The van der Waals surface area contributed by atoms with Gasteiger partial charge in [-0.05, 0) is 24.6 Å². The summed E-state index contributed by atoms with van der Waals surface area (Å²) in [5, 5.41) is 2.48. The van der Waals surface area contributed by atoms with Crippen molar-refractivity contribution >= 4 is 15.7 Å². The zero-order valence-corrected chi connectivity index (χ0v) is 12.2. The Kier molecular flexibility index (Phi) is 4.64. The molecule has 1 heterocycles. The molecular formula is C13H14F3NO4S. The van der Waals surface area contributed by atoms with E-state index in [2.05, 4.69) is 5.32 Å². The fraction of sp³-hybridized carbons (Fsp3) is 0.462. The van der Waals surface area contributed by atoms with Crippen molar-refractivity contribution in [2.75, 3.05) is 18.1 Å². The van der Waals surface area contributed by atoms with E-state index in [1.165, 1.54) is 12.1 Å². The first-order valence-electron chi connectivity index (χ1n) is 6.45. The molecule has 1 atom stereocenters. The van der Waals surface area contributed by atoms with E-state index in [1.807, 2.05) is 0 Å². The van der Waals surface area contributed by atoms with Crippen molar-refractivity contribution in [1.29, 1.82) is 0 Å². The van der Waals surface area contributed by atoms with E-state index in [1.54, 1.807) is 0 Å².